The van der Waals surface area contributed by atoms with Gasteiger partial charge in [0.15, 0.2) is 0 Å². The molecule has 18 heavy (non-hydrogen) atoms. The van der Waals surface area contributed by atoms with Crippen molar-refractivity contribution >= 4 is 39.1 Å². The van der Waals surface area contributed by atoms with Crippen LogP contribution in [-0.2, 0) is 4.79 Å². The van der Waals surface area contributed by atoms with Crippen molar-refractivity contribution < 1.29 is 9.59 Å². The van der Waals surface area contributed by atoms with Crippen LogP contribution in [0.2, 0.25) is 0 Å². The van der Waals surface area contributed by atoms with E-state index < -0.39 is 0 Å². The first kappa shape index (κ1) is 15.2. The Bertz CT molecular complexity index is 429. The molecule has 1 heterocycles. The van der Waals surface area contributed by atoms with Crippen LogP contribution in [-0.4, -0.2) is 48.3 Å². The molecule has 0 radical (unpaired) electrons. The summed E-state index contributed by atoms with van der Waals surface area (Å²) in [6.45, 7) is 5.32. The molecule has 0 saturated carbocycles. The predicted molar refractivity (Wildman–Crippen MR) is 76.9 cm³/mol. The summed E-state index contributed by atoms with van der Waals surface area (Å²) in [5.74, 6) is -0.141. The van der Waals surface area contributed by atoms with Crippen molar-refractivity contribution in [2.24, 2.45) is 0 Å². The molecule has 1 rings (SSSR count). The molecule has 0 fully saturated rings. The van der Waals surface area contributed by atoms with Gasteiger partial charge < -0.3 is 9.80 Å². The van der Waals surface area contributed by atoms with Gasteiger partial charge in [0.1, 0.15) is 0 Å². The Morgan fingerprint density at radius 3 is 2.33 bits per heavy atom. The van der Waals surface area contributed by atoms with Crippen molar-refractivity contribution in [3.63, 3.8) is 0 Å². The van der Waals surface area contributed by atoms with E-state index in [1.807, 2.05) is 19.9 Å². The van der Waals surface area contributed by atoms with Gasteiger partial charge in [-0.1, -0.05) is 0 Å². The summed E-state index contributed by atoms with van der Waals surface area (Å²) < 4.78 is 0.911. The molecule has 2 amide bonds. The number of amides is 2. The quantitative estimate of drug-likeness (QED) is 0.830. The zero-order valence-corrected chi connectivity index (χ0v) is 13.2. The molecule has 1 aromatic rings. The predicted octanol–water partition coefficient (Wildman–Crippen LogP) is 2.45. The van der Waals surface area contributed by atoms with Gasteiger partial charge in [0.2, 0.25) is 5.91 Å². The molecule has 0 aliphatic rings. The second kappa shape index (κ2) is 6.89. The molecule has 6 heteroatoms. The number of likely N-dealkylation sites (N-methyl/N-ethyl adjacent to an activating group) is 2. The number of carbonyl (C=O) groups is 2. The Balaban J connectivity index is 2.63. The van der Waals surface area contributed by atoms with Crippen LogP contribution in [0.4, 0.5) is 0 Å². The Hall–Kier alpha value is -0.880. The van der Waals surface area contributed by atoms with Crippen molar-refractivity contribution in [2.45, 2.75) is 13.8 Å². The second-order valence-corrected chi connectivity index (χ2v) is 6.29. The molecule has 1 aromatic heterocycles. The Morgan fingerprint density at radius 2 is 1.89 bits per heavy atom. The fourth-order valence-electron chi connectivity index (χ4n) is 1.57. The molecule has 0 aliphatic carbocycles. The smallest absolute Gasteiger partial charge is 0.264 e. The molecular formula is C12H17BrN2O2S. The van der Waals surface area contributed by atoms with Crippen molar-refractivity contribution in [3.05, 3.63) is 20.8 Å². The first-order valence-electron chi connectivity index (χ1n) is 5.78. The molecule has 0 spiro atoms. The molecule has 0 aliphatic heterocycles. The van der Waals surface area contributed by atoms with Crippen LogP contribution < -0.4 is 0 Å². The van der Waals surface area contributed by atoms with E-state index in [2.05, 4.69) is 15.9 Å². The van der Waals surface area contributed by atoms with Crippen LogP contribution in [0.15, 0.2) is 15.9 Å². The van der Waals surface area contributed by atoms with Crippen molar-refractivity contribution in [1.29, 1.82) is 0 Å². The number of rotatable bonds is 5. The van der Waals surface area contributed by atoms with Crippen molar-refractivity contribution in [3.8, 4) is 0 Å². The lowest BCUT2D eigenvalue weighted by Gasteiger charge is -2.22. The zero-order valence-electron chi connectivity index (χ0n) is 10.8. The van der Waals surface area contributed by atoms with Crippen molar-refractivity contribution in [1.82, 2.24) is 9.80 Å². The van der Waals surface area contributed by atoms with Crippen LogP contribution in [0, 0.1) is 0 Å². The lowest BCUT2D eigenvalue weighted by Crippen LogP contribution is -2.40. The van der Waals surface area contributed by atoms with Crippen LogP contribution in [0.5, 0.6) is 0 Å². The molecule has 0 atom stereocenters. The molecular weight excluding hydrogens is 316 g/mol. The average molecular weight is 333 g/mol. The molecule has 0 saturated heterocycles. The molecule has 100 valence electrons. The normalized spacial score (nSPS) is 10.2. The van der Waals surface area contributed by atoms with E-state index in [1.54, 1.807) is 18.0 Å². The van der Waals surface area contributed by atoms with E-state index in [4.69, 9.17) is 0 Å². The minimum Gasteiger partial charge on any atom is -0.342 e. The largest absolute Gasteiger partial charge is 0.342 e. The number of nitrogens with zero attached hydrogens (tertiary/aromatic N) is 2. The fraction of sp³-hybridized carbons (Fsp3) is 0.500. The minimum absolute atomic E-state index is 0.0218. The number of thiophene rings is 1. The highest BCUT2D eigenvalue weighted by Crippen LogP contribution is 2.22. The number of halogens is 1. The van der Waals surface area contributed by atoms with E-state index in [9.17, 15) is 9.59 Å². The molecule has 4 nitrogen and oxygen atoms in total. The average Bonchev–Trinajstić information content (AvgIpc) is 2.76. The third-order valence-corrected chi connectivity index (χ3v) is 4.23. The van der Waals surface area contributed by atoms with Crippen molar-refractivity contribution in [2.75, 3.05) is 26.7 Å². The highest BCUT2D eigenvalue weighted by atomic mass is 79.9. The standard InChI is InChI=1S/C12H17BrN2O2S/c1-4-15(5-2)11(16)8-14(3)12(17)9-6-7-10(13)18-9/h6-7H,4-5,8H2,1-3H3. The summed E-state index contributed by atoms with van der Waals surface area (Å²) in [5, 5.41) is 0. The Labute approximate surface area is 120 Å². The fourth-order valence-corrected chi connectivity index (χ4v) is 2.95. The van der Waals surface area contributed by atoms with Crippen LogP contribution in [0.1, 0.15) is 23.5 Å². The van der Waals surface area contributed by atoms with Gasteiger partial charge in [0.05, 0.1) is 15.2 Å². The van der Waals surface area contributed by atoms with Gasteiger partial charge in [-0.05, 0) is 41.9 Å². The lowest BCUT2D eigenvalue weighted by atomic mass is 10.3. The van der Waals surface area contributed by atoms with E-state index in [-0.39, 0.29) is 18.4 Å². The van der Waals surface area contributed by atoms with E-state index in [1.165, 1.54) is 16.2 Å². The highest BCUT2D eigenvalue weighted by molar-refractivity contribution is 9.11. The summed E-state index contributed by atoms with van der Waals surface area (Å²) in [6, 6.07) is 3.59. The molecule has 0 N–H and O–H groups in total. The molecule has 0 unspecified atom stereocenters. The summed E-state index contributed by atoms with van der Waals surface area (Å²) in [7, 11) is 1.65. The third-order valence-electron chi connectivity index (χ3n) is 2.62. The maximum Gasteiger partial charge on any atom is 0.264 e. The first-order chi connectivity index (χ1) is 8.49. The lowest BCUT2D eigenvalue weighted by molar-refractivity contribution is -0.131. The van der Waals surface area contributed by atoms with E-state index in [0.717, 1.165) is 3.79 Å². The molecule has 0 aromatic carbocycles. The monoisotopic (exact) mass is 332 g/mol. The second-order valence-electron chi connectivity index (χ2n) is 3.83. The first-order valence-corrected chi connectivity index (χ1v) is 7.39. The maximum absolute atomic E-state index is 12.0. The summed E-state index contributed by atoms with van der Waals surface area (Å²) in [4.78, 5) is 27.7. The highest BCUT2D eigenvalue weighted by Gasteiger charge is 2.18. The summed E-state index contributed by atoms with van der Waals surface area (Å²) >= 11 is 4.69. The number of carbonyl (C=O) groups excluding carboxylic acids is 2. The van der Waals surface area contributed by atoms with Crippen LogP contribution >= 0.6 is 27.3 Å². The van der Waals surface area contributed by atoms with Gasteiger partial charge in [0.25, 0.3) is 5.91 Å². The van der Waals surface area contributed by atoms with Gasteiger partial charge >= 0.3 is 0 Å². The van der Waals surface area contributed by atoms with Crippen LogP contribution in [0.3, 0.4) is 0 Å². The third kappa shape index (κ3) is 3.81. The topological polar surface area (TPSA) is 40.6 Å². The number of hydrogen-bond donors (Lipinski definition) is 0. The number of hydrogen-bond acceptors (Lipinski definition) is 3. The molecule has 0 bridgehead atoms. The Morgan fingerprint density at radius 1 is 1.28 bits per heavy atom. The van der Waals surface area contributed by atoms with Gasteiger partial charge in [-0.25, -0.2) is 0 Å². The zero-order chi connectivity index (χ0) is 13.7. The van der Waals surface area contributed by atoms with Gasteiger partial charge in [0, 0.05) is 20.1 Å². The van der Waals surface area contributed by atoms with Gasteiger partial charge in [-0.3, -0.25) is 9.59 Å². The van der Waals surface area contributed by atoms with E-state index in [0.29, 0.717) is 18.0 Å². The SMILES string of the molecule is CCN(CC)C(=O)CN(C)C(=O)c1ccc(Br)s1. The van der Waals surface area contributed by atoms with E-state index >= 15 is 0 Å². The Kier molecular flexibility index (Phi) is 5.81. The maximum atomic E-state index is 12.0. The summed E-state index contributed by atoms with van der Waals surface area (Å²) in [5.41, 5.74) is 0. The van der Waals surface area contributed by atoms with Crippen LogP contribution in [0.25, 0.3) is 0 Å². The van der Waals surface area contributed by atoms with Gasteiger partial charge in [-0.15, -0.1) is 11.3 Å². The summed E-state index contributed by atoms with van der Waals surface area (Å²) in [6.07, 6.45) is 0. The minimum atomic E-state index is -0.119. The van der Waals surface area contributed by atoms with Gasteiger partial charge in [-0.2, -0.15) is 0 Å².